The zero-order valence-corrected chi connectivity index (χ0v) is 9.68. The summed E-state index contributed by atoms with van der Waals surface area (Å²) in [5, 5.41) is 19.7. The third-order valence-electron chi connectivity index (χ3n) is 2.08. The quantitative estimate of drug-likeness (QED) is 0.371. The summed E-state index contributed by atoms with van der Waals surface area (Å²) in [6, 6.07) is 6.12. The molecule has 8 heteroatoms. The number of nitrogens with zero attached hydrogens (tertiary/aromatic N) is 2. The van der Waals surface area contributed by atoms with Crippen LogP contribution in [0.2, 0.25) is 0 Å². The first-order valence-corrected chi connectivity index (χ1v) is 5.59. The molecule has 1 aliphatic heterocycles. The van der Waals surface area contributed by atoms with E-state index in [1.807, 2.05) is 0 Å². The van der Waals surface area contributed by atoms with Gasteiger partial charge in [-0.1, -0.05) is 12.1 Å². The Balaban J connectivity index is 2.40. The number of carboxylic acid groups (broad SMARTS) is 1. The van der Waals surface area contributed by atoms with E-state index in [-0.39, 0.29) is 16.6 Å². The maximum absolute atomic E-state index is 10.8. The molecule has 0 aliphatic carbocycles. The minimum absolute atomic E-state index is 0.0825. The average Bonchev–Trinajstić information content (AvgIpc) is 2.76. The Labute approximate surface area is 106 Å². The summed E-state index contributed by atoms with van der Waals surface area (Å²) in [6.07, 6.45) is 0.930. The van der Waals surface area contributed by atoms with E-state index >= 15 is 0 Å². The summed E-state index contributed by atoms with van der Waals surface area (Å²) in [7, 11) is 0. The molecule has 0 unspecified atom stereocenters. The minimum Gasteiger partial charge on any atom is -0.478 e. The number of aliphatic carboxylic acids is 1. The van der Waals surface area contributed by atoms with Gasteiger partial charge in [-0.15, -0.1) is 0 Å². The van der Waals surface area contributed by atoms with Crippen molar-refractivity contribution in [3.63, 3.8) is 0 Å². The van der Waals surface area contributed by atoms with Crippen molar-refractivity contribution in [1.82, 2.24) is 4.72 Å². The molecule has 18 heavy (non-hydrogen) atoms. The SMILES string of the molecule is O=C(O)C=C1N=C(c2ccccc2[N+](=O)[O-])NS1. The Morgan fingerprint density at radius 2 is 2.22 bits per heavy atom. The van der Waals surface area contributed by atoms with Gasteiger partial charge in [-0.3, -0.25) is 10.1 Å². The first kappa shape index (κ1) is 12.1. The standard InChI is InChI=1S/C10H7N3O4S/c14-9(15)5-8-11-10(12-18-8)6-3-1-2-4-7(6)13(16)17/h1-5H,(H,11,12)(H,14,15). The van der Waals surface area contributed by atoms with E-state index in [2.05, 4.69) is 9.71 Å². The van der Waals surface area contributed by atoms with Crippen molar-refractivity contribution in [2.75, 3.05) is 0 Å². The molecule has 0 spiro atoms. The molecule has 0 bridgehead atoms. The van der Waals surface area contributed by atoms with Gasteiger partial charge in [0.25, 0.3) is 5.69 Å². The van der Waals surface area contributed by atoms with Gasteiger partial charge in [0, 0.05) is 18.0 Å². The van der Waals surface area contributed by atoms with Crippen LogP contribution in [0.25, 0.3) is 0 Å². The fourth-order valence-electron chi connectivity index (χ4n) is 1.37. The molecule has 1 aromatic carbocycles. The van der Waals surface area contributed by atoms with Gasteiger partial charge in [-0.2, -0.15) is 0 Å². The number of nitro benzene ring substituents is 1. The van der Waals surface area contributed by atoms with Gasteiger partial charge >= 0.3 is 5.97 Å². The molecule has 7 nitrogen and oxygen atoms in total. The Morgan fingerprint density at radius 1 is 1.50 bits per heavy atom. The number of rotatable bonds is 3. The summed E-state index contributed by atoms with van der Waals surface area (Å²) >= 11 is 0.998. The van der Waals surface area contributed by atoms with Crippen molar-refractivity contribution >= 4 is 29.4 Å². The molecule has 0 aromatic heterocycles. The van der Waals surface area contributed by atoms with Crippen molar-refractivity contribution in [2.24, 2.45) is 4.99 Å². The van der Waals surface area contributed by atoms with Gasteiger partial charge < -0.3 is 9.83 Å². The highest BCUT2D eigenvalue weighted by Crippen LogP contribution is 2.26. The van der Waals surface area contributed by atoms with Crippen LogP contribution in [0.15, 0.2) is 40.4 Å². The van der Waals surface area contributed by atoms with Crippen LogP contribution in [-0.2, 0) is 4.79 Å². The van der Waals surface area contributed by atoms with Gasteiger partial charge in [0.1, 0.15) is 5.03 Å². The number of nitro groups is 1. The first-order chi connectivity index (χ1) is 8.58. The van der Waals surface area contributed by atoms with Crippen molar-refractivity contribution in [2.45, 2.75) is 0 Å². The summed E-state index contributed by atoms with van der Waals surface area (Å²) in [4.78, 5) is 24.8. The molecule has 1 heterocycles. The van der Waals surface area contributed by atoms with Crippen molar-refractivity contribution < 1.29 is 14.8 Å². The number of nitrogens with one attached hydrogen (secondary N) is 1. The average molecular weight is 265 g/mol. The summed E-state index contributed by atoms with van der Waals surface area (Å²) in [5.74, 6) is -0.841. The molecule has 2 N–H and O–H groups in total. The Hall–Kier alpha value is -2.35. The van der Waals surface area contributed by atoms with Crippen molar-refractivity contribution in [3.05, 3.63) is 51.0 Å². The van der Waals surface area contributed by atoms with E-state index in [1.165, 1.54) is 6.07 Å². The van der Waals surface area contributed by atoms with Gasteiger partial charge in [0.05, 0.1) is 16.6 Å². The van der Waals surface area contributed by atoms with Crippen LogP contribution >= 0.6 is 11.9 Å². The predicted octanol–water partition coefficient (Wildman–Crippen LogP) is 1.52. The zero-order chi connectivity index (χ0) is 13.1. The fraction of sp³-hybridized carbons (Fsp3) is 0. The smallest absolute Gasteiger partial charge is 0.331 e. The normalized spacial score (nSPS) is 16.2. The molecule has 1 aromatic rings. The molecule has 0 saturated heterocycles. The Morgan fingerprint density at radius 3 is 2.89 bits per heavy atom. The molecular formula is C10H7N3O4S. The number of benzene rings is 1. The van der Waals surface area contributed by atoms with E-state index in [0.29, 0.717) is 5.56 Å². The molecule has 0 fully saturated rings. The first-order valence-electron chi connectivity index (χ1n) is 4.78. The lowest BCUT2D eigenvalue weighted by molar-refractivity contribution is -0.385. The predicted molar refractivity (Wildman–Crippen MR) is 66.1 cm³/mol. The molecular weight excluding hydrogens is 258 g/mol. The van der Waals surface area contributed by atoms with Crippen molar-refractivity contribution in [1.29, 1.82) is 0 Å². The number of hydrogen-bond donors (Lipinski definition) is 2. The van der Waals surface area contributed by atoms with Crippen LogP contribution in [0, 0.1) is 10.1 Å². The van der Waals surface area contributed by atoms with Gasteiger partial charge in [-0.25, -0.2) is 9.79 Å². The highest BCUT2D eigenvalue weighted by atomic mass is 32.2. The lowest BCUT2D eigenvalue weighted by Gasteiger charge is -2.01. The number of amidine groups is 1. The number of aliphatic imine (C=N–C) groups is 1. The third-order valence-corrected chi connectivity index (χ3v) is 2.79. The molecule has 2 rings (SSSR count). The van der Waals surface area contributed by atoms with E-state index in [0.717, 1.165) is 18.0 Å². The second kappa shape index (κ2) is 4.88. The molecule has 0 amide bonds. The van der Waals surface area contributed by atoms with Crippen LogP contribution < -0.4 is 4.72 Å². The van der Waals surface area contributed by atoms with E-state index < -0.39 is 10.9 Å². The van der Waals surface area contributed by atoms with Gasteiger partial charge in [0.2, 0.25) is 0 Å². The van der Waals surface area contributed by atoms with Crippen LogP contribution in [0.5, 0.6) is 0 Å². The van der Waals surface area contributed by atoms with Gasteiger partial charge in [0.15, 0.2) is 5.84 Å². The molecule has 0 radical (unpaired) electrons. The number of carbonyl (C=O) groups is 1. The van der Waals surface area contributed by atoms with E-state index in [4.69, 9.17) is 5.11 Å². The zero-order valence-electron chi connectivity index (χ0n) is 8.86. The molecule has 0 atom stereocenters. The van der Waals surface area contributed by atoms with Crippen LogP contribution in [0.3, 0.4) is 0 Å². The molecule has 1 aliphatic rings. The van der Waals surface area contributed by atoms with Gasteiger partial charge in [-0.05, 0) is 6.07 Å². The molecule has 92 valence electrons. The third kappa shape index (κ3) is 2.48. The van der Waals surface area contributed by atoms with E-state index in [1.54, 1.807) is 18.2 Å². The summed E-state index contributed by atoms with van der Waals surface area (Å²) in [6.45, 7) is 0. The van der Waals surface area contributed by atoms with Crippen molar-refractivity contribution in [3.8, 4) is 0 Å². The highest BCUT2D eigenvalue weighted by molar-refractivity contribution is 8.02. The Bertz CT molecular complexity index is 582. The van der Waals surface area contributed by atoms with Crippen LogP contribution in [-0.4, -0.2) is 21.8 Å². The second-order valence-corrected chi connectivity index (χ2v) is 4.09. The van der Waals surface area contributed by atoms with E-state index in [9.17, 15) is 14.9 Å². The number of para-hydroxylation sites is 1. The number of hydrogen-bond acceptors (Lipinski definition) is 6. The van der Waals surface area contributed by atoms with Crippen LogP contribution in [0.1, 0.15) is 5.56 Å². The fourth-order valence-corrected chi connectivity index (χ4v) is 2.03. The summed E-state index contributed by atoms with van der Waals surface area (Å²) in [5.41, 5.74) is 0.240. The second-order valence-electron chi connectivity index (χ2n) is 3.26. The minimum atomic E-state index is -1.12. The molecule has 0 saturated carbocycles. The maximum atomic E-state index is 10.8. The number of carboxylic acids is 1. The lowest BCUT2D eigenvalue weighted by Crippen LogP contribution is -2.14. The Kier molecular flexibility index (Phi) is 3.28. The lowest BCUT2D eigenvalue weighted by atomic mass is 10.1. The summed E-state index contributed by atoms with van der Waals surface area (Å²) < 4.78 is 2.75. The maximum Gasteiger partial charge on any atom is 0.331 e. The largest absolute Gasteiger partial charge is 0.478 e. The van der Waals surface area contributed by atoms with Crippen LogP contribution in [0.4, 0.5) is 5.69 Å². The monoisotopic (exact) mass is 265 g/mol. The topological polar surface area (TPSA) is 105 Å². The highest BCUT2D eigenvalue weighted by Gasteiger charge is 2.22.